The predicted octanol–water partition coefficient (Wildman–Crippen LogP) is -0.821. The van der Waals surface area contributed by atoms with Crippen LogP contribution in [0, 0.1) is 0 Å². The molecule has 5 nitrogen and oxygen atoms in total. The average molecular weight is 159 g/mol. The third kappa shape index (κ3) is 4.19. The number of nitrogens with two attached hydrogens (primary N) is 1. The molecule has 0 aromatic rings. The fraction of sp³-hybridized carbons (Fsp3) is 0.667. The van der Waals surface area contributed by atoms with Crippen molar-refractivity contribution in [1.29, 1.82) is 0 Å². The molecule has 0 heterocycles. The Morgan fingerprint density at radius 2 is 2.09 bits per heavy atom. The number of urea groups is 1. The molecule has 1 atom stereocenters. The summed E-state index contributed by atoms with van der Waals surface area (Å²) in [6.07, 6.45) is 0. The lowest BCUT2D eigenvalue weighted by Crippen LogP contribution is -2.46. The molecule has 5 heteroatoms. The Bertz CT molecular complexity index is 158. The van der Waals surface area contributed by atoms with Gasteiger partial charge in [0, 0.05) is 6.54 Å². The molecule has 0 saturated heterocycles. The van der Waals surface area contributed by atoms with Crippen molar-refractivity contribution in [2.45, 2.75) is 19.9 Å². The molecule has 0 aliphatic carbocycles. The fourth-order valence-corrected chi connectivity index (χ4v) is 0.606. The van der Waals surface area contributed by atoms with Gasteiger partial charge in [-0.2, -0.15) is 0 Å². The molecule has 0 spiro atoms. The van der Waals surface area contributed by atoms with Gasteiger partial charge in [-0.05, 0) is 13.8 Å². The van der Waals surface area contributed by atoms with Gasteiger partial charge in [-0.15, -0.1) is 0 Å². The van der Waals surface area contributed by atoms with Gasteiger partial charge >= 0.3 is 6.03 Å². The Labute approximate surface area is 65.3 Å². The van der Waals surface area contributed by atoms with Gasteiger partial charge in [0.25, 0.3) is 0 Å². The van der Waals surface area contributed by atoms with Gasteiger partial charge in [0.2, 0.25) is 5.91 Å². The average Bonchev–Trinajstić information content (AvgIpc) is 1.86. The SMILES string of the molecule is CCNC(=O)C(C)NC(N)=O. The summed E-state index contributed by atoms with van der Waals surface area (Å²) in [5.74, 6) is -0.230. The van der Waals surface area contributed by atoms with Crippen molar-refractivity contribution >= 4 is 11.9 Å². The number of rotatable bonds is 3. The van der Waals surface area contributed by atoms with Crippen molar-refractivity contribution < 1.29 is 9.59 Å². The number of likely N-dealkylation sites (N-methyl/N-ethyl adjacent to an activating group) is 1. The number of nitrogens with one attached hydrogen (secondary N) is 2. The maximum atomic E-state index is 10.9. The highest BCUT2D eigenvalue weighted by atomic mass is 16.2. The van der Waals surface area contributed by atoms with Crippen molar-refractivity contribution in [3.05, 3.63) is 0 Å². The molecule has 0 fully saturated rings. The molecule has 0 rings (SSSR count). The maximum Gasteiger partial charge on any atom is 0.312 e. The van der Waals surface area contributed by atoms with E-state index in [1.54, 1.807) is 13.8 Å². The van der Waals surface area contributed by atoms with Crippen LogP contribution >= 0.6 is 0 Å². The molecular weight excluding hydrogens is 146 g/mol. The number of hydrogen-bond donors (Lipinski definition) is 3. The zero-order chi connectivity index (χ0) is 8.85. The molecule has 11 heavy (non-hydrogen) atoms. The molecule has 0 aliphatic heterocycles. The predicted molar refractivity (Wildman–Crippen MR) is 40.9 cm³/mol. The minimum atomic E-state index is -0.691. The van der Waals surface area contributed by atoms with Crippen LogP contribution in [0.2, 0.25) is 0 Å². The first-order chi connectivity index (χ1) is 5.07. The Balaban J connectivity index is 3.73. The summed E-state index contributed by atoms with van der Waals surface area (Å²) in [6.45, 7) is 3.91. The van der Waals surface area contributed by atoms with Crippen LogP contribution in [0.1, 0.15) is 13.8 Å². The van der Waals surface area contributed by atoms with Crippen LogP contribution in [0.15, 0.2) is 0 Å². The third-order valence-corrected chi connectivity index (χ3v) is 1.10. The summed E-state index contributed by atoms with van der Waals surface area (Å²) < 4.78 is 0. The van der Waals surface area contributed by atoms with E-state index in [1.807, 2.05) is 0 Å². The van der Waals surface area contributed by atoms with Crippen molar-refractivity contribution in [1.82, 2.24) is 10.6 Å². The number of amides is 3. The van der Waals surface area contributed by atoms with Gasteiger partial charge in [-0.3, -0.25) is 4.79 Å². The smallest absolute Gasteiger partial charge is 0.312 e. The minimum absolute atomic E-state index is 0.230. The van der Waals surface area contributed by atoms with E-state index in [-0.39, 0.29) is 5.91 Å². The van der Waals surface area contributed by atoms with Crippen molar-refractivity contribution in [2.75, 3.05) is 6.54 Å². The molecule has 3 amide bonds. The van der Waals surface area contributed by atoms with Crippen LogP contribution in [-0.4, -0.2) is 24.5 Å². The van der Waals surface area contributed by atoms with Gasteiger partial charge in [-0.1, -0.05) is 0 Å². The van der Waals surface area contributed by atoms with Gasteiger partial charge < -0.3 is 16.4 Å². The molecule has 0 aliphatic rings. The zero-order valence-electron chi connectivity index (χ0n) is 6.68. The first-order valence-electron chi connectivity index (χ1n) is 3.41. The fourth-order valence-electron chi connectivity index (χ4n) is 0.606. The van der Waals surface area contributed by atoms with Gasteiger partial charge in [-0.25, -0.2) is 4.79 Å². The highest BCUT2D eigenvalue weighted by Gasteiger charge is 2.11. The summed E-state index contributed by atoms with van der Waals surface area (Å²) >= 11 is 0. The monoisotopic (exact) mass is 159 g/mol. The van der Waals surface area contributed by atoms with Crippen molar-refractivity contribution in [2.24, 2.45) is 5.73 Å². The standard InChI is InChI=1S/C6H13N3O2/c1-3-8-5(10)4(2)9-6(7)11/h4H,3H2,1-2H3,(H,8,10)(H3,7,9,11). The van der Waals surface area contributed by atoms with E-state index in [9.17, 15) is 9.59 Å². The summed E-state index contributed by atoms with van der Waals surface area (Å²) in [4.78, 5) is 21.1. The van der Waals surface area contributed by atoms with Gasteiger partial charge in [0.1, 0.15) is 6.04 Å². The number of carbonyl (C=O) groups excluding carboxylic acids is 2. The van der Waals surface area contributed by atoms with Gasteiger partial charge in [0.05, 0.1) is 0 Å². The van der Waals surface area contributed by atoms with Crippen LogP contribution in [-0.2, 0) is 4.79 Å². The molecule has 0 saturated carbocycles. The number of primary amides is 1. The second-order valence-corrected chi connectivity index (χ2v) is 2.12. The largest absolute Gasteiger partial charge is 0.355 e. The lowest BCUT2D eigenvalue weighted by Gasteiger charge is -2.10. The molecule has 0 radical (unpaired) electrons. The molecule has 4 N–H and O–H groups in total. The van der Waals surface area contributed by atoms with E-state index in [4.69, 9.17) is 5.73 Å². The Hall–Kier alpha value is -1.26. The zero-order valence-corrected chi connectivity index (χ0v) is 6.68. The Morgan fingerprint density at radius 1 is 1.55 bits per heavy atom. The van der Waals surface area contributed by atoms with E-state index >= 15 is 0 Å². The van der Waals surface area contributed by atoms with Gasteiger partial charge in [0.15, 0.2) is 0 Å². The van der Waals surface area contributed by atoms with E-state index < -0.39 is 12.1 Å². The minimum Gasteiger partial charge on any atom is -0.355 e. The van der Waals surface area contributed by atoms with Crippen LogP contribution in [0.3, 0.4) is 0 Å². The Morgan fingerprint density at radius 3 is 2.45 bits per heavy atom. The molecule has 1 unspecified atom stereocenters. The van der Waals surface area contributed by atoms with Crippen LogP contribution < -0.4 is 16.4 Å². The second kappa shape index (κ2) is 4.54. The Kier molecular flexibility index (Phi) is 4.02. The highest BCUT2D eigenvalue weighted by molar-refractivity contribution is 5.85. The second-order valence-electron chi connectivity index (χ2n) is 2.12. The first kappa shape index (κ1) is 9.74. The van der Waals surface area contributed by atoms with Crippen LogP contribution in [0.25, 0.3) is 0 Å². The summed E-state index contributed by atoms with van der Waals surface area (Å²) in [6, 6.07) is -1.25. The summed E-state index contributed by atoms with van der Waals surface area (Å²) in [5, 5.41) is 4.80. The van der Waals surface area contributed by atoms with Crippen LogP contribution in [0.5, 0.6) is 0 Å². The van der Waals surface area contributed by atoms with E-state index in [0.717, 1.165) is 0 Å². The molecular formula is C6H13N3O2. The first-order valence-corrected chi connectivity index (χ1v) is 3.41. The summed E-state index contributed by atoms with van der Waals surface area (Å²) in [7, 11) is 0. The van der Waals surface area contributed by atoms with E-state index in [1.165, 1.54) is 0 Å². The lowest BCUT2D eigenvalue weighted by atomic mass is 10.3. The van der Waals surface area contributed by atoms with E-state index in [0.29, 0.717) is 6.54 Å². The molecule has 0 aromatic heterocycles. The number of hydrogen-bond acceptors (Lipinski definition) is 2. The highest BCUT2D eigenvalue weighted by Crippen LogP contribution is 1.79. The summed E-state index contributed by atoms with van der Waals surface area (Å²) in [5.41, 5.74) is 4.80. The topological polar surface area (TPSA) is 84.2 Å². The van der Waals surface area contributed by atoms with Crippen LogP contribution in [0.4, 0.5) is 4.79 Å². The normalized spacial score (nSPS) is 11.8. The van der Waals surface area contributed by atoms with E-state index in [2.05, 4.69) is 10.6 Å². The van der Waals surface area contributed by atoms with Crippen molar-refractivity contribution in [3.63, 3.8) is 0 Å². The molecule has 64 valence electrons. The maximum absolute atomic E-state index is 10.9. The number of carbonyl (C=O) groups is 2. The molecule has 0 bridgehead atoms. The quantitative estimate of drug-likeness (QED) is 0.502. The molecule has 0 aromatic carbocycles. The third-order valence-electron chi connectivity index (χ3n) is 1.10. The van der Waals surface area contributed by atoms with Crippen molar-refractivity contribution in [3.8, 4) is 0 Å². The lowest BCUT2D eigenvalue weighted by molar-refractivity contribution is -0.122.